The first-order valence-electron chi connectivity index (χ1n) is 5.14. The Morgan fingerprint density at radius 2 is 2.17 bits per heavy atom. The first kappa shape index (κ1) is 10.0. The lowest BCUT2D eigenvalue weighted by Gasteiger charge is -2.34. The molecule has 0 amide bonds. The summed E-state index contributed by atoms with van der Waals surface area (Å²) < 4.78 is 0. The predicted molar refractivity (Wildman–Crippen MR) is 51.1 cm³/mol. The van der Waals surface area contributed by atoms with Gasteiger partial charge in [0.25, 0.3) is 0 Å². The van der Waals surface area contributed by atoms with Crippen LogP contribution in [0.1, 0.15) is 39.5 Å². The molecular formula is C10H21NO. The minimum atomic E-state index is 0.301. The third-order valence-corrected chi connectivity index (χ3v) is 3.03. The average molecular weight is 171 g/mol. The van der Waals surface area contributed by atoms with Gasteiger partial charge in [-0.1, -0.05) is 13.3 Å². The summed E-state index contributed by atoms with van der Waals surface area (Å²) in [6.07, 6.45) is 5.09. The maximum absolute atomic E-state index is 9.14. The average Bonchev–Trinajstić information content (AvgIpc) is 1.99. The Balaban J connectivity index is 2.24. The van der Waals surface area contributed by atoms with E-state index in [4.69, 9.17) is 5.11 Å². The smallest absolute Gasteiger partial charge is 0.0587 e. The summed E-state index contributed by atoms with van der Waals surface area (Å²) in [5.41, 5.74) is 0. The SMILES string of the molecule is CCC(C)NC(CO)C1CCC1. The molecule has 2 nitrogen and oxygen atoms in total. The molecule has 0 spiro atoms. The lowest BCUT2D eigenvalue weighted by atomic mass is 9.79. The molecule has 1 aliphatic rings. The van der Waals surface area contributed by atoms with Crippen molar-refractivity contribution in [3.63, 3.8) is 0 Å². The normalized spacial score (nSPS) is 23.2. The van der Waals surface area contributed by atoms with E-state index >= 15 is 0 Å². The van der Waals surface area contributed by atoms with E-state index in [0.29, 0.717) is 18.7 Å². The van der Waals surface area contributed by atoms with Crippen molar-refractivity contribution >= 4 is 0 Å². The molecule has 1 fully saturated rings. The summed E-state index contributed by atoms with van der Waals surface area (Å²) in [6, 6.07) is 0.899. The molecule has 0 saturated heterocycles. The van der Waals surface area contributed by atoms with Gasteiger partial charge in [0.15, 0.2) is 0 Å². The molecule has 2 N–H and O–H groups in total. The highest BCUT2D eigenvalue weighted by Crippen LogP contribution is 2.29. The lowest BCUT2D eigenvalue weighted by Crippen LogP contribution is -2.46. The van der Waals surface area contributed by atoms with E-state index in [0.717, 1.165) is 12.3 Å². The van der Waals surface area contributed by atoms with Crippen LogP contribution in [-0.4, -0.2) is 23.8 Å². The summed E-state index contributed by atoms with van der Waals surface area (Å²) >= 11 is 0. The molecular weight excluding hydrogens is 150 g/mol. The predicted octanol–water partition coefficient (Wildman–Crippen LogP) is 1.54. The molecule has 2 atom stereocenters. The second-order valence-corrected chi connectivity index (χ2v) is 3.96. The van der Waals surface area contributed by atoms with Crippen LogP contribution < -0.4 is 5.32 Å². The summed E-state index contributed by atoms with van der Waals surface area (Å²) in [5.74, 6) is 0.740. The van der Waals surface area contributed by atoms with E-state index < -0.39 is 0 Å². The number of aliphatic hydroxyl groups excluding tert-OH is 1. The second kappa shape index (κ2) is 4.83. The zero-order valence-electron chi connectivity index (χ0n) is 8.21. The van der Waals surface area contributed by atoms with Crippen LogP contribution in [0.5, 0.6) is 0 Å². The second-order valence-electron chi connectivity index (χ2n) is 3.96. The zero-order valence-corrected chi connectivity index (χ0v) is 8.21. The van der Waals surface area contributed by atoms with Crippen molar-refractivity contribution in [1.29, 1.82) is 0 Å². The van der Waals surface area contributed by atoms with E-state index in [1.807, 2.05) is 0 Å². The number of rotatable bonds is 5. The molecule has 2 heteroatoms. The molecule has 1 rings (SSSR count). The van der Waals surface area contributed by atoms with Crippen molar-refractivity contribution in [3.8, 4) is 0 Å². The van der Waals surface area contributed by atoms with Crippen molar-refractivity contribution in [2.75, 3.05) is 6.61 Å². The summed E-state index contributed by atoms with van der Waals surface area (Å²) in [7, 11) is 0. The number of nitrogens with one attached hydrogen (secondary N) is 1. The van der Waals surface area contributed by atoms with Crippen LogP contribution in [0.2, 0.25) is 0 Å². The summed E-state index contributed by atoms with van der Waals surface area (Å²) in [6.45, 7) is 4.66. The van der Waals surface area contributed by atoms with Crippen LogP contribution in [0.3, 0.4) is 0 Å². The van der Waals surface area contributed by atoms with Crippen molar-refractivity contribution in [2.24, 2.45) is 5.92 Å². The molecule has 0 aromatic carbocycles. The van der Waals surface area contributed by atoms with Gasteiger partial charge in [0.2, 0.25) is 0 Å². The van der Waals surface area contributed by atoms with Crippen LogP contribution >= 0.6 is 0 Å². The van der Waals surface area contributed by atoms with Crippen LogP contribution in [0.4, 0.5) is 0 Å². The molecule has 1 saturated carbocycles. The van der Waals surface area contributed by atoms with Gasteiger partial charge in [-0.25, -0.2) is 0 Å². The van der Waals surface area contributed by atoms with Crippen LogP contribution in [0.25, 0.3) is 0 Å². The van der Waals surface area contributed by atoms with Crippen molar-refractivity contribution in [3.05, 3.63) is 0 Å². The number of hydrogen-bond donors (Lipinski definition) is 2. The Hall–Kier alpha value is -0.0800. The molecule has 0 bridgehead atoms. The van der Waals surface area contributed by atoms with Crippen molar-refractivity contribution in [2.45, 2.75) is 51.6 Å². The van der Waals surface area contributed by atoms with Gasteiger partial charge in [-0.2, -0.15) is 0 Å². The van der Waals surface area contributed by atoms with E-state index in [9.17, 15) is 0 Å². The van der Waals surface area contributed by atoms with Gasteiger partial charge in [-0.3, -0.25) is 0 Å². The first-order valence-corrected chi connectivity index (χ1v) is 5.14. The quantitative estimate of drug-likeness (QED) is 0.657. The number of hydrogen-bond acceptors (Lipinski definition) is 2. The monoisotopic (exact) mass is 171 g/mol. The van der Waals surface area contributed by atoms with E-state index in [2.05, 4.69) is 19.2 Å². The zero-order chi connectivity index (χ0) is 8.97. The van der Waals surface area contributed by atoms with Crippen LogP contribution in [0.15, 0.2) is 0 Å². The minimum absolute atomic E-state index is 0.301. The first-order chi connectivity index (χ1) is 5.77. The fourth-order valence-corrected chi connectivity index (χ4v) is 1.66. The Morgan fingerprint density at radius 1 is 1.50 bits per heavy atom. The van der Waals surface area contributed by atoms with Gasteiger partial charge in [-0.05, 0) is 32.1 Å². The van der Waals surface area contributed by atoms with Gasteiger partial charge < -0.3 is 10.4 Å². The summed E-state index contributed by atoms with van der Waals surface area (Å²) in [5, 5.41) is 12.6. The topological polar surface area (TPSA) is 32.3 Å². The standard InChI is InChI=1S/C10H21NO/c1-3-8(2)11-10(7-12)9-5-4-6-9/h8-12H,3-7H2,1-2H3. The Morgan fingerprint density at radius 3 is 2.50 bits per heavy atom. The lowest BCUT2D eigenvalue weighted by molar-refractivity contribution is 0.140. The van der Waals surface area contributed by atoms with Crippen molar-refractivity contribution in [1.82, 2.24) is 5.32 Å². The fraction of sp³-hybridized carbons (Fsp3) is 1.00. The van der Waals surface area contributed by atoms with Gasteiger partial charge in [0.1, 0.15) is 0 Å². The van der Waals surface area contributed by atoms with Gasteiger partial charge in [-0.15, -0.1) is 0 Å². The third kappa shape index (κ3) is 2.46. The Labute approximate surface area is 75.4 Å². The van der Waals surface area contributed by atoms with E-state index in [-0.39, 0.29) is 0 Å². The Bertz CT molecular complexity index is 123. The molecule has 0 aromatic heterocycles. The molecule has 72 valence electrons. The fourth-order valence-electron chi connectivity index (χ4n) is 1.66. The van der Waals surface area contributed by atoms with E-state index in [1.165, 1.54) is 19.3 Å². The van der Waals surface area contributed by atoms with Gasteiger partial charge in [0, 0.05) is 12.1 Å². The van der Waals surface area contributed by atoms with Crippen molar-refractivity contribution < 1.29 is 5.11 Å². The maximum Gasteiger partial charge on any atom is 0.0587 e. The highest BCUT2D eigenvalue weighted by Gasteiger charge is 2.26. The number of aliphatic hydroxyl groups is 1. The minimum Gasteiger partial charge on any atom is -0.395 e. The molecule has 12 heavy (non-hydrogen) atoms. The highest BCUT2D eigenvalue weighted by atomic mass is 16.3. The Kier molecular flexibility index (Phi) is 4.02. The maximum atomic E-state index is 9.14. The van der Waals surface area contributed by atoms with E-state index in [1.54, 1.807) is 0 Å². The molecule has 0 heterocycles. The highest BCUT2D eigenvalue weighted by molar-refractivity contribution is 4.83. The largest absolute Gasteiger partial charge is 0.395 e. The molecule has 2 unspecified atom stereocenters. The van der Waals surface area contributed by atoms with Gasteiger partial charge >= 0.3 is 0 Å². The molecule has 0 aliphatic heterocycles. The summed E-state index contributed by atoms with van der Waals surface area (Å²) in [4.78, 5) is 0. The molecule has 0 aromatic rings. The van der Waals surface area contributed by atoms with Crippen LogP contribution in [0, 0.1) is 5.92 Å². The molecule has 1 aliphatic carbocycles. The van der Waals surface area contributed by atoms with Crippen LogP contribution in [-0.2, 0) is 0 Å². The molecule has 0 radical (unpaired) electrons. The third-order valence-electron chi connectivity index (χ3n) is 3.03. The van der Waals surface area contributed by atoms with Gasteiger partial charge in [0.05, 0.1) is 6.61 Å².